The summed E-state index contributed by atoms with van der Waals surface area (Å²) < 4.78 is 47.3. The maximum atomic E-state index is 12.4. The van der Waals surface area contributed by atoms with Crippen molar-refractivity contribution in [2.75, 3.05) is 13.2 Å². The third-order valence-electron chi connectivity index (χ3n) is 2.62. The molecule has 1 aromatic heterocycles. The zero-order valence-corrected chi connectivity index (χ0v) is 13.2. The van der Waals surface area contributed by atoms with Crippen LogP contribution >= 0.6 is 11.8 Å². The normalized spacial score (nSPS) is 11.3. The Labute approximate surface area is 136 Å². The summed E-state index contributed by atoms with van der Waals surface area (Å²) in [5.74, 6) is 0.638. The molecular weight excluding hydrogens is 329 g/mol. The number of alkyl halides is 3. The van der Waals surface area contributed by atoms with Gasteiger partial charge < -0.3 is 9.47 Å². The van der Waals surface area contributed by atoms with Crippen LogP contribution in [-0.2, 0) is 5.75 Å². The Balaban J connectivity index is 2.18. The van der Waals surface area contributed by atoms with Gasteiger partial charge in [0.2, 0.25) is 11.8 Å². The quantitative estimate of drug-likeness (QED) is 0.707. The van der Waals surface area contributed by atoms with Gasteiger partial charge in [-0.1, -0.05) is 30.3 Å². The van der Waals surface area contributed by atoms with E-state index in [1.807, 2.05) is 30.3 Å². The van der Waals surface area contributed by atoms with E-state index in [1.165, 1.54) is 11.8 Å². The molecule has 0 radical (unpaired) electrons. The number of aromatic nitrogens is 2. The van der Waals surface area contributed by atoms with Crippen LogP contribution in [0.2, 0.25) is 0 Å². The van der Waals surface area contributed by atoms with Crippen LogP contribution in [0.25, 0.3) is 0 Å². The zero-order valence-electron chi connectivity index (χ0n) is 12.3. The van der Waals surface area contributed by atoms with Crippen LogP contribution in [-0.4, -0.2) is 29.4 Å². The van der Waals surface area contributed by atoms with Gasteiger partial charge in [-0.15, -0.1) is 11.8 Å². The Bertz CT molecular complexity index is 624. The van der Waals surface area contributed by atoms with Crippen molar-refractivity contribution in [3.8, 4) is 11.8 Å². The first-order chi connectivity index (χ1) is 11.0. The summed E-state index contributed by atoms with van der Waals surface area (Å²) in [6, 6.07) is 9.52. The van der Waals surface area contributed by atoms with E-state index in [2.05, 4.69) is 9.97 Å². The Kier molecular flexibility index (Phi) is 6.09. The number of thioether (sulfide) groups is 1. The van der Waals surface area contributed by atoms with E-state index in [1.54, 1.807) is 6.92 Å². The molecule has 0 unspecified atom stereocenters. The molecule has 0 saturated heterocycles. The molecule has 0 saturated carbocycles. The summed E-state index contributed by atoms with van der Waals surface area (Å²) in [6.07, 6.45) is -3.30. The molecule has 0 spiro atoms. The van der Waals surface area contributed by atoms with Crippen LogP contribution < -0.4 is 9.47 Å². The maximum absolute atomic E-state index is 12.4. The van der Waals surface area contributed by atoms with E-state index in [0.29, 0.717) is 17.3 Å². The predicted octanol–water partition coefficient (Wildman–Crippen LogP) is 4.11. The number of halogens is 3. The molecule has 1 heterocycles. The second kappa shape index (κ2) is 8.05. The average Bonchev–Trinajstić information content (AvgIpc) is 2.52. The topological polar surface area (TPSA) is 44.2 Å². The summed E-state index contributed by atoms with van der Waals surface area (Å²) in [4.78, 5) is 8.14. The van der Waals surface area contributed by atoms with E-state index in [9.17, 15) is 13.2 Å². The standard InChI is InChI=1S/C15H15F3N2O2S/c1-2-21-13-12(23-8-11-6-4-3-5-7-11)14(20-10-19-13)22-9-15(16,17)18/h3-7,10H,2,8-9H2,1H3. The molecule has 4 nitrogen and oxygen atoms in total. The smallest absolute Gasteiger partial charge is 0.422 e. The second-order valence-corrected chi connectivity index (χ2v) is 5.41. The number of nitrogens with zero attached hydrogens (tertiary/aromatic N) is 2. The van der Waals surface area contributed by atoms with Gasteiger partial charge in [0.05, 0.1) is 6.61 Å². The fourth-order valence-electron chi connectivity index (χ4n) is 1.69. The minimum Gasteiger partial charge on any atom is -0.477 e. The Morgan fingerprint density at radius 1 is 1.04 bits per heavy atom. The maximum Gasteiger partial charge on any atom is 0.422 e. The molecule has 0 aliphatic carbocycles. The fourth-order valence-corrected chi connectivity index (χ4v) is 2.66. The lowest BCUT2D eigenvalue weighted by atomic mass is 10.2. The lowest BCUT2D eigenvalue weighted by Gasteiger charge is -2.14. The largest absolute Gasteiger partial charge is 0.477 e. The summed E-state index contributed by atoms with van der Waals surface area (Å²) in [6.45, 7) is 0.701. The van der Waals surface area contributed by atoms with Crippen molar-refractivity contribution in [1.82, 2.24) is 9.97 Å². The molecular formula is C15H15F3N2O2S. The van der Waals surface area contributed by atoms with Crippen LogP contribution in [0.5, 0.6) is 11.8 Å². The van der Waals surface area contributed by atoms with Crippen molar-refractivity contribution in [1.29, 1.82) is 0 Å². The SMILES string of the molecule is CCOc1ncnc(OCC(F)(F)F)c1SCc1ccccc1. The van der Waals surface area contributed by atoms with Gasteiger partial charge in [-0.05, 0) is 12.5 Å². The molecule has 0 bridgehead atoms. The van der Waals surface area contributed by atoms with Gasteiger partial charge in [0.15, 0.2) is 6.61 Å². The summed E-state index contributed by atoms with van der Waals surface area (Å²) in [7, 11) is 0. The van der Waals surface area contributed by atoms with Gasteiger partial charge >= 0.3 is 6.18 Å². The molecule has 2 aromatic rings. The molecule has 8 heteroatoms. The van der Waals surface area contributed by atoms with Crippen molar-refractivity contribution >= 4 is 11.8 Å². The molecule has 1 aromatic carbocycles. The van der Waals surface area contributed by atoms with Crippen molar-refractivity contribution in [2.24, 2.45) is 0 Å². The average molecular weight is 344 g/mol. The van der Waals surface area contributed by atoms with Gasteiger partial charge in [-0.25, -0.2) is 9.97 Å². The van der Waals surface area contributed by atoms with Crippen molar-refractivity contribution < 1.29 is 22.6 Å². The molecule has 124 valence electrons. The Hall–Kier alpha value is -1.96. The van der Waals surface area contributed by atoms with E-state index < -0.39 is 12.8 Å². The minimum atomic E-state index is -4.43. The number of hydrogen-bond acceptors (Lipinski definition) is 5. The van der Waals surface area contributed by atoms with Crippen LogP contribution in [0.1, 0.15) is 12.5 Å². The summed E-state index contributed by atoms with van der Waals surface area (Å²) in [5, 5.41) is 0. The first-order valence-electron chi connectivity index (χ1n) is 6.83. The number of rotatable bonds is 7. The van der Waals surface area contributed by atoms with Crippen molar-refractivity contribution in [3.63, 3.8) is 0 Å². The summed E-state index contributed by atoms with van der Waals surface area (Å²) >= 11 is 1.27. The van der Waals surface area contributed by atoms with Crippen LogP contribution in [0.3, 0.4) is 0 Å². The highest BCUT2D eigenvalue weighted by Crippen LogP contribution is 2.37. The van der Waals surface area contributed by atoms with Crippen molar-refractivity contribution in [3.05, 3.63) is 42.2 Å². The first-order valence-corrected chi connectivity index (χ1v) is 7.82. The van der Waals surface area contributed by atoms with Gasteiger partial charge in [0, 0.05) is 5.75 Å². The highest BCUT2D eigenvalue weighted by molar-refractivity contribution is 7.98. The van der Waals surface area contributed by atoms with E-state index in [-0.39, 0.29) is 11.8 Å². The Morgan fingerprint density at radius 2 is 1.70 bits per heavy atom. The molecule has 0 amide bonds. The lowest BCUT2D eigenvalue weighted by molar-refractivity contribution is -0.154. The molecule has 23 heavy (non-hydrogen) atoms. The van der Waals surface area contributed by atoms with E-state index in [0.717, 1.165) is 11.9 Å². The summed E-state index contributed by atoms with van der Waals surface area (Å²) in [5.41, 5.74) is 1.02. The third-order valence-corrected chi connectivity index (χ3v) is 3.73. The highest BCUT2D eigenvalue weighted by atomic mass is 32.2. The van der Waals surface area contributed by atoms with Crippen LogP contribution in [0, 0.1) is 0 Å². The molecule has 0 aliphatic heterocycles. The van der Waals surface area contributed by atoms with Crippen molar-refractivity contribution in [2.45, 2.75) is 23.7 Å². The Morgan fingerprint density at radius 3 is 2.30 bits per heavy atom. The van der Waals surface area contributed by atoms with E-state index in [4.69, 9.17) is 9.47 Å². The molecule has 0 atom stereocenters. The lowest BCUT2D eigenvalue weighted by Crippen LogP contribution is -2.20. The van der Waals surface area contributed by atoms with Crippen LogP contribution in [0.4, 0.5) is 13.2 Å². The number of benzene rings is 1. The molecule has 0 aliphatic rings. The van der Waals surface area contributed by atoms with Gasteiger partial charge in [-0.3, -0.25) is 0 Å². The second-order valence-electron chi connectivity index (χ2n) is 4.42. The minimum absolute atomic E-state index is 0.123. The molecule has 0 fully saturated rings. The number of hydrogen-bond donors (Lipinski definition) is 0. The molecule has 2 rings (SSSR count). The first kappa shape index (κ1) is 17.4. The zero-order chi connectivity index (χ0) is 16.7. The third kappa shape index (κ3) is 5.63. The molecule has 0 N–H and O–H groups in total. The number of ether oxygens (including phenoxy) is 2. The monoisotopic (exact) mass is 344 g/mol. The van der Waals surface area contributed by atoms with Gasteiger partial charge in [0.1, 0.15) is 11.2 Å². The van der Waals surface area contributed by atoms with Crippen LogP contribution in [0.15, 0.2) is 41.6 Å². The van der Waals surface area contributed by atoms with Gasteiger partial charge in [-0.2, -0.15) is 13.2 Å². The highest BCUT2D eigenvalue weighted by Gasteiger charge is 2.29. The van der Waals surface area contributed by atoms with E-state index >= 15 is 0 Å². The fraction of sp³-hybridized carbons (Fsp3) is 0.333. The predicted molar refractivity (Wildman–Crippen MR) is 80.8 cm³/mol. The van der Waals surface area contributed by atoms with Gasteiger partial charge in [0.25, 0.3) is 0 Å².